The van der Waals surface area contributed by atoms with Crippen molar-refractivity contribution < 1.29 is 14.3 Å². The van der Waals surface area contributed by atoms with Crippen LogP contribution in [0.5, 0.6) is 0 Å². The van der Waals surface area contributed by atoms with Gasteiger partial charge in [-0.25, -0.2) is 4.79 Å². The Morgan fingerprint density at radius 3 is 2.63 bits per heavy atom. The molecule has 0 atom stereocenters. The van der Waals surface area contributed by atoms with Crippen molar-refractivity contribution in [2.45, 2.75) is 38.8 Å². The van der Waals surface area contributed by atoms with Crippen molar-refractivity contribution in [3.8, 4) is 6.07 Å². The van der Waals surface area contributed by atoms with E-state index in [1.54, 1.807) is 17.0 Å². The third-order valence-electron chi connectivity index (χ3n) is 6.27. The lowest BCUT2D eigenvalue weighted by atomic mass is 9.90. The van der Waals surface area contributed by atoms with Gasteiger partial charge >= 0.3 is 6.09 Å². The van der Waals surface area contributed by atoms with Crippen LogP contribution in [0.25, 0.3) is 0 Å². The summed E-state index contributed by atoms with van der Waals surface area (Å²) in [5.74, 6) is 0.0422. The highest BCUT2D eigenvalue weighted by atomic mass is 16.6. The van der Waals surface area contributed by atoms with E-state index in [2.05, 4.69) is 6.07 Å². The first-order valence-corrected chi connectivity index (χ1v) is 10.2. The van der Waals surface area contributed by atoms with E-state index in [0.717, 1.165) is 22.3 Å². The van der Waals surface area contributed by atoms with Crippen molar-refractivity contribution in [1.29, 1.82) is 5.26 Å². The van der Waals surface area contributed by atoms with Gasteiger partial charge in [0, 0.05) is 38.0 Å². The van der Waals surface area contributed by atoms with Crippen molar-refractivity contribution in [2.24, 2.45) is 0 Å². The second-order valence-corrected chi connectivity index (χ2v) is 8.26. The van der Waals surface area contributed by atoms with E-state index < -0.39 is 5.60 Å². The van der Waals surface area contributed by atoms with Crippen LogP contribution in [0, 0.1) is 25.2 Å². The molecule has 2 aliphatic heterocycles. The van der Waals surface area contributed by atoms with Crippen LogP contribution < -0.4 is 0 Å². The third kappa shape index (κ3) is 3.76. The lowest BCUT2D eigenvalue weighted by Gasteiger charge is -2.37. The topological polar surface area (TPSA) is 73.6 Å². The highest BCUT2D eigenvalue weighted by Gasteiger charge is 2.47. The van der Waals surface area contributed by atoms with Gasteiger partial charge in [0.05, 0.1) is 18.2 Å². The summed E-state index contributed by atoms with van der Waals surface area (Å²) in [6.07, 6.45) is 0.931. The average Bonchev–Trinajstić information content (AvgIpc) is 3.04. The molecule has 0 N–H and O–H groups in total. The molecule has 2 saturated heterocycles. The molecular formula is C24H25N3O3. The van der Waals surface area contributed by atoms with Gasteiger partial charge in [-0.3, -0.25) is 9.69 Å². The number of benzene rings is 2. The molecule has 0 bridgehead atoms. The predicted octanol–water partition coefficient (Wildman–Crippen LogP) is 3.80. The van der Waals surface area contributed by atoms with Gasteiger partial charge in [0.2, 0.25) is 0 Å². The molecule has 2 aromatic carbocycles. The number of nitriles is 1. The fourth-order valence-electron chi connectivity index (χ4n) is 4.31. The Morgan fingerprint density at radius 1 is 1.17 bits per heavy atom. The smallest absolute Gasteiger partial charge is 0.410 e. The van der Waals surface area contributed by atoms with E-state index in [-0.39, 0.29) is 12.0 Å². The maximum atomic E-state index is 13.0. The largest absolute Gasteiger partial charge is 0.441 e. The second kappa shape index (κ2) is 7.83. The van der Waals surface area contributed by atoms with Crippen LogP contribution in [0.15, 0.2) is 42.5 Å². The molecule has 0 radical (unpaired) electrons. The molecule has 2 aromatic rings. The monoisotopic (exact) mass is 403 g/mol. The van der Waals surface area contributed by atoms with Crippen LogP contribution in [0.2, 0.25) is 0 Å². The van der Waals surface area contributed by atoms with Crippen LogP contribution in [-0.4, -0.2) is 47.0 Å². The number of hydrogen-bond donors (Lipinski definition) is 0. The maximum absolute atomic E-state index is 13.0. The Balaban J connectivity index is 1.41. The summed E-state index contributed by atoms with van der Waals surface area (Å²) in [5, 5.41) is 9.07. The highest BCUT2D eigenvalue weighted by Crippen LogP contribution is 2.34. The summed E-state index contributed by atoms with van der Waals surface area (Å²) in [6.45, 7) is 6.05. The summed E-state index contributed by atoms with van der Waals surface area (Å²) < 4.78 is 5.79. The summed E-state index contributed by atoms with van der Waals surface area (Å²) in [6, 6.07) is 15.2. The number of carbonyl (C=O) groups is 2. The minimum absolute atomic E-state index is 0.0422. The Morgan fingerprint density at radius 2 is 1.90 bits per heavy atom. The predicted molar refractivity (Wildman–Crippen MR) is 112 cm³/mol. The van der Waals surface area contributed by atoms with Crippen molar-refractivity contribution in [3.05, 3.63) is 70.3 Å². The molecule has 154 valence electrons. The molecular weight excluding hydrogens is 378 g/mol. The first-order chi connectivity index (χ1) is 14.4. The molecule has 6 nitrogen and oxygen atoms in total. The van der Waals surface area contributed by atoms with E-state index in [1.807, 2.05) is 49.1 Å². The molecule has 4 rings (SSSR count). The number of amides is 2. The van der Waals surface area contributed by atoms with Crippen LogP contribution in [0.1, 0.15) is 45.5 Å². The lowest BCUT2D eigenvalue weighted by Crippen LogP contribution is -2.48. The third-order valence-corrected chi connectivity index (χ3v) is 6.27. The zero-order valence-electron chi connectivity index (χ0n) is 17.4. The van der Waals surface area contributed by atoms with Crippen molar-refractivity contribution in [2.75, 3.05) is 19.6 Å². The minimum atomic E-state index is -0.539. The van der Waals surface area contributed by atoms with Gasteiger partial charge in [-0.05, 0) is 48.7 Å². The number of piperidine rings is 1. The molecule has 2 fully saturated rings. The normalized spacial score (nSPS) is 17.7. The zero-order valence-corrected chi connectivity index (χ0v) is 17.4. The molecule has 6 heteroatoms. The van der Waals surface area contributed by atoms with Gasteiger partial charge in [0.15, 0.2) is 0 Å². The number of carbonyl (C=O) groups excluding carboxylic acids is 2. The minimum Gasteiger partial charge on any atom is -0.441 e. The van der Waals surface area contributed by atoms with Crippen LogP contribution in [0.4, 0.5) is 4.79 Å². The number of nitrogens with zero attached hydrogens (tertiary/aromatic N) is 3. The van der Waals surface area contributed by atoms with E-state index in [4.69, 9.17) is 10.00 Å². The number of hydrogen-bond acceptors (Lipinski definition) is 4. The van der Waals surface area contributed by atoms with E-state index in [0.29, 0.717) is 44.6 Å². The van der Waals surface area contributed by atoms with Gasteiger partial charge in [-0.15, -0.1) is 0 Å². The first kappa shape index (κ1) is 20.0. The van der Waals surface area contributed by atoms with Crippen molar-refractivity contribution in [3.63, 3.8) is 0 Å². The molecule has 30 heavy (non-hydrogen) atoms. The van der Waals surface area contributed by atoms with E-state index in [1.165, 1.54) is 0 Å². The molecule has 0 saturated carbocycles. The highest BCUT2D eigenvalue weighted by molar-refractivity contribution is 5.96. The van der Waals surface area contributed by atoms with E-state index in [9.17, 15) is 9.59 Å². The SMILES string of the molecule is Cc1cccc(C(=O)N2CCC3(CC2)CN(Cc2cccc(C#N)c2)C(=O)O3)c1C. The fourth-order valence-corrected chi connectivity index (χ4v) is 4.31. The second-order valence-electron chi connectivity index (χ2n) is 8.26. The Bertz CT molecular complexity index is 1030. The molecule has 0 unspecified atom stereocenters. The average molecular weight is 403 g/mol. The van der Waals surface area contributed by atoms with E-state index >= 15 is 0 Å². The lowest BCUT2D eigenvalue weighted by molar-refractivity contribution is 0.00311. The van der Waals surface area contributed by atoms with Crippen LogP contribution in [0.3, 0.4) is 0 Å². The Hall–Kier alpha value is -3.33. The summed E-state index contributed by atoms with van der Waals surface area (Å²) in [7, 11) is 0. The van der Waals surface area contributed by atoms with Gasteiger partial charge in [0.25, 0.3) is 5.91 Å². The van der Waals surface area contributed by atoms with Crippen molar-refractivity contribution >= 4 is 12.0 Å². The van der Waals surface area contributed by atoms with Gasteiger partial charge in [-0.1, -0.05) is 24.3 Å². The molecule has 2 aliphatic rings. The number of ether oxygens (including phenoxy) is 1. The number of aryl methyl sites for hydroxylation is 1. The molecule has 0 aliphatic carbocycles. The fraction of sp³-hybridized carbons (Fsp3) is 0.375. The van der Waals surface area contributed by atoms with Crippen LogP contribution in [-0.2, 0) is 11.3 Å². The Labute approximate surface area is 176 Å². The van der Waals surface area contributed by atoms with Crippen molar-refractivity contribution in [1.82, 2.24) is 9.80 Å². The molecule has 1 spiro atoms. The standard InChI is InChI=1S/C24H25N3O3/c1-17-5-3-8-21(18(17)2)22(28)26-11-9-24(10-12-26)16-27(23(29)30-24)15-20-7-4-6-19(13-20)14-25/h3-8,13H,9-12,15-16H2,1-2H3. The van der Waals surface area contributed by atoms with Gasteiger partial charge in [-0.2, -0.15) is 5.26 Å². The first-order valence-electron chi connectivity index (χ1n) is 10.2. The van der Waals surface area contributed by atoms with Crippen LogP contribution >= 0.6 is 0 Å². The summed E-state index contributed by atoms with van der Waals surface area (Å²) in [4.78, 5) is 29.0. The molecule has 2 amide bonds. The van der Waals surface area contributed by atoms with Gasteiger partial charge < -0.3 is 9.64 Å². The zero-order chi connectivity index (χ0) is 21.3. The summed E-state index contributed by atoms with van der Waals surface area (Å²) >= 11 is 0. The van der Waals surface area contributed by atoms with Gasteiger partial charge in [0.1, 0.15) is 5.60 Å². The number of rotatable bonds is 3. The quantitative estimate of drug-likeness (QED) is 0.781. The maximum Gasteiger partial charge on any atom is 0.410 e. The Kier molecular flexibility index (Phi) is 5.21. The summed E-state index contributed by atoms with van der Waals surface area (Å²) in [5.41, 5.74) is 3.81. The number of likely N-dealkylation sites (tertiary alicyclic amines) is 1. The molecule has 0 aromatic heterocycles. The molecule has 2 heterocycles.